The van der Waals surface area contributed by atoms with E-state index in [-0.39, 0.29) is 0 Å². The van der Waals surface area contributed by atoms with Gasteiger partial charge in [-0.05, 0) is 29.5 Å². The number of nitrogens with zero attached hydrogens (tertiary/aromatic N) is 6. The number of hydrogen-bond acceptors (Lipinski definition) is 6. The van der Waals surface area contributed by atoms with Crippen LogP contribution in [0.5, 0.6) is 0 Å². The van der Waals surface area contributed by atoms with Crippen molar-refractivity contribution < 1.29 is 0 Å². The van der Waals surface area contributed by atoms with Crippen LogP contribution in [0, 0.1) is 0 Å². The minimum absolute atomic E-state index is 0.445. The van der Waals surface area contributed by atoms with E-state index in [1.807, 2.05) is 36.4 Å². The molecule has 21 heavy (non-hydrogen) atoms. The first-order chi connectivity index (χ1) is 10.4. The van der Waals surface area contributed by atoms with Crippen LogP contribution < -0.4 is 0 Å². The number of pyridine rings is 1. The van der Waals surface area contributed by atoms with Crippen molar-refractivity contribution in [1.82, 2.24) is 35.6 Å². The van der Waals surface area contributed by atoms with Crippen molar-refractivity contribution in [1.29, 1.82) is 0 Å². The monoisotopic (exact) mass is 275 g/mol. The third-order valence-corrected chi connectivity index (χ3v) is 3.14. The largest absolute Gasteiger partial charge is 0.256 e. The minimum Gasteiger partial charge on any atom is -0.256 e. The summed E-state index contributed by atoms with van der Waals surface area (Å²) in [7, 11) is 0. The van der Waals surface area contributed by atoms with Crippen molar-refractivity contribution in [3.8, 4) is 22.8 Å². The lowest BCUT2D eigenvalue weighted by Crippen LogP contribution is -1.91. The summed E-state index contributed by atoms with van der Waals surface area (Å²) in [5.41, 5.74) is 3.37. The highest BCUT2D eigenvalue weighted by Gasteiger charge is 2.08. The van der Waals surface area contributed by atoms with Crippen LogP contribution in [0.2, 0.25) is 0 Å². The highest BCUT2D eigenvalue weighted by Crippen LogP contribution is 2.23. The van der Waals surface area contributed by atoms with Crippen LogP contribution in [0.4, 0.5) is 0 Å². The zero-order valence-electron chi connectivity index (χ0n) is 10.8. The predicted molar refractivity (Wildman–Crippen MR) is 75.9 cm³/mol. The maximum Gasteiger partial charge on any atom is 0.223 e. The third-order valence-electron chi connectivity index (χ3n) is 3.14. The number of H-pyrrole nitrogens is 1. The normalized spacial score (nSPS) is 10.9. The molecule has 0 saturated carbocycles. The molecule has 3 heterocycles. The smallest absolute Gasteiger partial charge is 0.223 e. The molecule has 0 amide bonds. The fourth-order valence-corrected chi connectivity index (χ4v) is 2.14. The van der Waals surface area contributed by atoms with Crippen LogP contribution >= 0.6 is 0 Å². The fourth-order valence-electron chi connectivity index (χ4n) is 2.14. The van der Waals surface area contributed by atoms with E-state index >= 15 is 0 Å². The van der Waals surface area contributed by atoms with E-state index in [0.29, 0.717) is 11.5 Å². The number of aromatic nitrogens is 7. The molecule has 1 aromatic carbocycles. The quantitative estimate of drug-likeness (QED) is 0.600. The average Bonchev–Trinajstić information content (AvgIpc) is 3.09. The SMILES string of the molecule is c1cnc2ccc(-c3cc(-c4nn[nH]n4)ncn3)cc2c1. The summed E-state index contributed by atoms with van der Waals surface area (Å²) in [5, 5.41) is 14.9. The van der Waals surface area contributed by atoms with Gasteiger partial charge in [0.2, 0.25) is 5.82 Å². The van der Waals surface area contributed by atoms with Gasteiger partial charge in [-0.25, -0.2) is 9.97 Å². The number of tetrazole rings is 1. The van der Waals surface area contributed by atoms with Gasteiger partial charge in [-0.3, -0.25) is 4.98 Å². The molecule has 0 unspecified atom stereocenters. The van der Waals surface area contributed by atoms with E-state index in [1.54, 1.807) is 6.20 Å². The second-order valence-electron chi connectivity index (χ2n) is 4.43. The molecule has 4 rings (SSSR count). The Morgan fingerprint density at radius 2 is 1.86 bits per heavy atom. The van der Waals surface area contributed by atoms with Crippen LogP contribution in [0.1, 0.15) is 0 Å². The number of rotatable bonds is 2. The zero-order valence-corrected chi connectivity index (χ0v) is 10.8. The number of aromatic amines is 1. The molecule has 0 atom stereocenters. The van der Waals surface area contributed by atoms with Gasteiger partial charge >= 0.3 is 0 Å². The van der Waals surface area contributed by atoms with Crippen molar-refractivity contribution in [2.45, 2.75) is 0 Å². The summed E-state index contributed by atoms with van der Waals surface area (Å²) >= 11 is 0. The van der Waals surface area contributed by atoms with Crippen molar-refractivity contribution in [3.63, 3.8) is 0 Å². The van der Waals surface area contributed by atoms with Crippen LogP contribution in [-0.2, 0) is 0 Å². The van der Waals surface area contributed by atoms with Crippen molar-refractivity contribution in [2.24, 2.45) is 0 Å². The molecule has 7 nitrogen and oxygen atoms in total. The molecule has 0 fully saturated rings. The van der Waals surface area contributed by atoms with Gasteiger partial charge in [-0.15, -0.1) is 10.2 Å². The van der Waals surface area contributed by atoms with Gasteiger partial charge in [0.25, 0.3) is 0 Å². The first kappa shape index (κ1) is 11.6. The Labute approximate surface area is 119 Å². The van der Waals surface area contributed by atoms with Crippen molar-refractivity contribution in [3.05, 3.63) is 48.9 Å². The van der Waals surface area contributed by atoms with Crippen molar-refractivity contribution >= 4 is 10.9 Å². The van der Waals surface area contributed by atoms with Gasteiger partial charge in [0.05, 0.1) is 11.2 Å². The van der Waals surface area contributed by atoms with Gasteiger partial charge in [-0.1, -0.05) is 12.1 Å². The fraction of sp³-hybridized carbons (Fsp3) is 0. The maximum atomic E-state index is 4.31. The molecule has 0 aliphatic carbocycles. The molecule has 3 aromatic heterocycles. The number of hydrogen-bond donors (Lipinski definition) is 1. The predicted octanol–water partition coefficient (Wildman–Crippen LogP) is 1.87. The van der Waals surface area contributed by atoms with Crippen LogP contribution in [-0.4, -0.2) is 35.6 Å². The van der Waals surface area contributed by atoms with Gasteiger partial charge in [0, 0.05) is 17.1 Å². The molecule has 0 spiro atoms. The second-order valence-corrected chi connectivity index (χ2v) is 4.43. The summed E-state index contributed by atoms with van der Waals surface area (Å²) < 4.78 is 0. The maximum absolute atomic E-state index is 4.31. The summed E-state index contributed by atoms with van der Waals surface area (Å²) in [4.78, 5) is 12.8. The van der Waals surface area contributed by atoms with E-state index in [4.69, 9.17) is 0 Å². The van der Waals surface area contributed by atoms with Gasteiger partial charge in [-0.2, -0.15) is 5.21 Å². The molecule has 0 saturated heterocycles. The summed E-state index contributed by atoms with van der Waals surface area (Å²) in [5.74, 6) is 0.445. The molecule has 0 radical (unpaired) electrons. The molecular weight excluding hydrogens is 266 g/mol. The summed E-state index contributed by atoms with van der Waals surface area (Å²) in [6.07, 6.45) is 3.27. The Hall–Kier alpha value is -3.22. The minimum atomic E-state index is 0.445. The highest BCUT2D eigenvalue weighted by atomic mass is 15.5. The Morgan fingerprint density at radius 3 is 2.76 bits per heavy atom. The molecule has 100 valence electrons. The molecule has 0 aliphatic heterocycles. The molecule has 7 heteroatoms. The first-order valence-corrected chi connectivity index (χ1v) is 6.31. The van der Waals surface area contributed by atoms with Crippen molar-refractivity contribution in [2.75, 3.05) is 0 Å². The van der Waals surface area contributed by atoms with Crippen LogP contribution in [0.25, 0.3) is 33.7 Å². The Morgan fingerprint density at radius 1 is 0.905 bits per heavy atom. The van der Waals surface area contributed by atoms with Gasteiger partial charge < -0.3 is 0 Å². The first-order valence-electron chi connectivity index (χ1n) is 6.31. The topological polar surface area (TPSA) is 93.1 Å². The second kappa shape index (κ2) is 4.71. The van der Waals surface area contributed by atoms with Crippen LogP contribution in [0.3, 0.4) is 0 Å². The molecule has 4 aromatic rings. The Kier molecular flexibility index (Phi) is 2.60. The summed E-state index contributed by atoms with van der Waals surface area (Å²) in [6, 6.07) is 11.8. The average molecular weight is 275 g/mol. The Balaban J connectivity index is 1.83. The van der Waals surface area contributed by atoms with Crippen LogP contribution in [0.15, 0.2) is 48.9 Å². The Bertz CT molecular complexity index is 902. The lowest BCUT2D eigenvalue weighted by Gasteiger charge is -2.03. The number of nitrogens with one attached hydrogen (secondary N) is 1. The van der Waals surface area contributed by atoms with Gasteiger partial charge in [0.1, 0.15) is 12.0 Å². The van der Waals surface area contributed by atoms with E-state index in [1.165, 1.54) is 6.33 Å². The number of benzene rings is 1. The lowest BCUT2D eigenvalue weighted by molar-refractivity contribution is 0.881. The van der Waals surface area contributed by atoms with E-state index < -0.39 is 0 Å². The van der Waals surface area contributed by atoms with E-state index in [2.05, 4.69) is 35.6 Å². The third kappa shape index (κ3) is 2.10. The molecule has 0 bridgehead atoms. The molecule has 0 aliphatic rings. The lowest BCUT2D eigenvalue weighted by atomic mass is 10.1. The number of fused-ring (bicyclic) bond motifs is 1. The zero-order chi connectivity index (χ0) is 14.1. The van der Waals surface area contributed by atoms with E-state index in [9.17, 15) is 0 Å². The summed E-state index contributed by atoms with van der Waals surface area (Å²) in [6.45, 7) is 0. The van der Waals surface area contributed by atoms with Gasteiger partial charge in [0.15, 0.2) is 0 Å². The standard InChI is InChI=1S/C14H9N7/c1-2-9-6-10(3-4-11(9)15-5-1)12-7-13(17-8-16-12)14-18-20-21-19-14/h1-8H,(H,18,19,20,21). The molecular formula is C14H9N7. The highest BCUT2D eigenvalue weighted by molar-refractivity contribution is 5.83. The van der Waals surface area contributed by atoms with E-state index in [0.717, 1.165) is 22.2 Å². The molecule has 1 N–H and O–H groups in total.